The molecular weight excluding hydrogens is 248 g/mol. The minimum atomic E-state index is -0.848. The van der Waals surface area contributed by atoms with Crippen molar-refractivity contribution in [1.82, 2.24) is 9.55 Å². The number of imidazole rings is 1. The van der Waals surface area contributed by atoms with Crippen LogP contribution in [0.2, 0.25) is 0 Å². The fraction of sp³-hybridized carbons (Fsp3) is 0.500. The number of halogens is 2. The molecule has 1 atom stereocenters. The van der Waals surface area contributed by atoms with Gasteiger partial charge in [-0.1, -0.05) is 6.92 Å². The molecule has 3 nitrogen and oxygen atoms in total. The van der Waals surface area contributed by atoms with Gasteiger partial charge in [0.25, 0.3) is 0 Å². The highest BCUT2D eigenvalue weighted by Gasteiger charge is 2.30. The average Bonchev–Trinajstić information content (AvgIpc) is 3.17. The molecule has 19 heavy (non-hydrogen) atoms. The molecular formula is C14H17F2N3. The third-order valence-corrected chi connectivity index (χ3v) is 3.70. The summed E-state index contributed by atoms with van der Waals surface area (Å²) in [5.74, 6) is -0.341. The number of aromatic nitrogens is 2. The molecule has 1 fully saturated rings. The Labute approximate surface area is 110 Å². The topological polar surface area (TPSA) is 43.8 Å². The van der Waals surface area contributed by atoms with Crippen LogP contribution in [0.15, 0.2) is 12.1 Å². The zero-order valence-corrected chi connectivity index (χ0v) is 10.9. The molecule has 102 valence electrons. The number of nitrogens with zero attached hydrogens (tertiary/aromatic N) is 2. The molecule has 1 heterocycles. The Hall–Kier alpha value is -1.49. The van der Waals surface area contributed by atoms with Crippen LogP contribution in [0.3, 0.4) is 0 Å². The predicted octanol–water partition coefficient (Wildman–Crippen LogP) is 2.93. The average molecular weight is 265 g/mol. The van der Waals surface area contributed by atoms with Gasteiger partial charge in [0.05, 0.1) is 11.0 Å². The molecule has 1 saturated carbocycles. The molecule has 2 aromatic rings. The van der Waals surface area contributed by atoms with Gasteiger partial charge in [0.15, 0.2) is 11.6 Å². The molecule has 1 unspecified atom stereocenters. The molecule has 0 amide bonds. The van der Waals surface area contributed by atoms with Crippen LogP contribution in [0.4, 0.5) is 8.78 Å². The van der Waals surface area contributed by atoms with E-state index < -0.39 is 11.6 Å². The molecule has 0 bridgehead atoms. The lowest BCUT2D eigenvalue weighted by Gasteiger charge is -2.13. The SMILES string of the molecule is CCC(N)Cn1c(C2CC2)nc2cc(F)c(F)cc21. The van der Waals surface area contributed by atoms with Crippen LogP contribution >= 0.6 is 0 Å². The van der Waals surface area contributed by atoms with E-state index >= 15 is 0 Å². The van der Waals surface area contributed by atoms with E-state index in [1.165, 1.54) is 12.1 Å². The Bertz CT molecular complexity index is 617. The van der Waals surface area contributed by atoms with Crippen LogP contribution in [-0.4, -0.2) is 15.6 Å². The minimum Gasteiger partial charge on any atom is -0.326 e. The summed E-state index contributed by atoms with van der Waals surface area (Å²) in [7, 11) is 0. The summed E-state index contributed by atoms with van der Waals surface area (Å²) in [5, 5.41) is 0. The Morgan fingerprint density at radius 1 is 1.37 bits per heavy atom. The first kappa shape index (κ1) is 12.5. The molecule has 1 aromatic carbocycles. The molecule has 3 rings (SSSR count). The monoisotopic (exact) mass is 265 g/mol. The molecule has 0 saturated heterocycles. The second-order valence-corrected chi connectivity index (χ2v) is 5.28. The third kappa shape index (κ3) is 2.23. The molecule has 1 aromatic heterocycles. The fourth-order valence-electron chi connectivity index (χ4n) is 2.35. The normalized spacial score (nSPS) is 17.1. The first-order chi connectivity index (χ1) is 9.10. The van der Waals surface area contributed by atoms with Crippen LogP contribution in [0.25, 0.3) is 11.0 Å². The molecule has 0 aliphatic heterocycles. The van der Waals surface area contributed by atoms with Gasteiger partial charge in [-0.15, -0.1) is 0 Å². The number of nitrogens with two attached hydrogens (primary N) is 1. The number of hydrogen-bond acceptors (Lipinski definition) is 2. The lowest BCUT2D eigenvalue weighted by molar-refractivity contribution is 0.508. The fourth-order valence-corrected chi connectivity index (χ4v) is 2.35. The Morgan fingerprint density at radius 3 is 2.68 bits per heavy atom. The second kappa shape index (κ2) is 4.56. The third-order valence-electron chi connectivity index (χ3n) is 3.70. The standard InChI is InChI=1S/C14H17F2N3/c1-2-9(17)7-19-13-6-11(16)10(15)5-12(13)18-14(19)8-3-4-8/h5-6,8-9H,2-4,7,17H2,1H3. The van der Waals surface area contributed by atoms with Crippen molar-refractivity contribution in [3.8, 4) is 0 Å². The maximum Gasteiger partial charge on any atom is 0.161 e. The first-order valence-corrected chi connectivity index (χ1v) is 6.71. The van der Waals surface area contributed by atoms with Gasteiger partial charge in [0, 0.05) is 30.6 Å². The second-order valence-electron chi connectivity index (χ2n) is 5.28. The van der Waals surface area contributed by atoms with Crippen molar-refractivity contribution < 1.29 is 8.78 Å². The number of benzene rings is 1. The molecule has 0 radical (unpaired) electrons. The van der Waals surface area contributed by atoms with Crippen LogP contribution in [-0.2, 0) is 6.54 Å². The molecule has 0 spiro atoms. The summed E-state index contributed by atoms with van der Waals surface area (Å²) in [6, 6.07) is 2.40. The van der Waals surface area contributed by atoms with E-state index in [0.717, 1.165) is 25.1 Å². The lowest BCUT2D eigenvalue weighted by Crippen LogP contribution is -2.26. The van der Waals surface area contributed by atoms with E-state index in [0.29, 0.717) is 23.5 Å². The van der Waals surface area contributed by atoms with Gasteiger partial charge in [-0.25, -0.2) is 13.8 Å². The van der Waals surface area contributed by atoms with E-state index in [9.17, 15) is 8.78 Å². The van der Waals surface area contributed by atoms with Crippen molar-refractivity contribution in [3.05, 3.63) is 29.6 Å². The summed E-state index contributed by atoms with van der Waals surface area (Å²) >= 11 is 0. The number of hydrogen-bond donors (Lipinski definition) is 1. The summed E-state index contributed by atoms with van der Waals surface area (Å²) in [4.78, 5) is 4.46. The highest BCUT2D eigenvalue weighted by molar-refractivity contribution is 5.76. The Balaban J connectivity index is 2.14. The Kier molecular flexibility index (Phi) is 3.01. The van der Waals surface area contributed by atoms with Gasteiger partial charge in [-0.05, 0) is 19.3 Å². The number of fused-ring (bicyclic) bond motifs is 1. The molecule has 2 N–H and O–H groups in total. The van der Waals surface area contributed by atoms with Crippen LogP contribution < -0.4 is 5.73 Å². The van der Waals surface area contributed by atoms with Gasteiger partial charge in [-0.3, -0.25) is 0 Å². The highest BCUT2D eigenvalue weighted by atomic mass is 19.2. The van der Waals surface area contributed by atoms with Gasteiger partial charge in [0.1, 0.15) is 5.82 Å². The summed E-state index contributed by atoms with van der Waals surface area (Å²) in [6.45, 7) is 2.62. The summed E-state index contributed by atoms with van der Waals surface area (Å²) in [5.41, 5.74) is 7.16. The maximum atomic E-state index is 13.4. The van der Waals surface area contributed by atoms with E-state index in [1.807, 2.05) is 11.5 Å². The van der Waals surface area contributed by atoms with Crippen molar-refractivity contribution in [2.45, 2.75) is 44.7 Å². The van der Waals surface area contributed by atoms with E-state index in [1.54, 1.807) is 0 Å². The van der Waals surface area contributed by atoms with Crippen molar-refractivity contribution in [2.75, 3.05) is 0 Å². The van der Waals surface area contributed by atoms with Crippen molar-refractivity contribution in [1.29, 1.82) is 0 Å². The number of rotatable bonds is 4. The van der Waals surface area contributed by atoms with Gasteiger partial charge in [0.2, 0.25) is 0 Å². The first-order valence-electron chi connectivity index (χ1n) is 6.71. The zero-order valence-electron chi connectivity index (χ0n) is 10.9. The minimum absolute atomic E-state index is 0.00279. The van der Waals surface area contributed by atoms with Crippen molar-refractivity contribution >= 4 is 11.0 Å². The summed E-state index contributed by atoms with van der Waals surface area (Å²) in [6.07, 6.45) is 3.03. The van der Waals surface area contributed by atoms with Crippen LogP contribution in [0.5, 0.6) is 0 Å². The highest BCUT2D eigenvalue weighted by Crippen LogP contribution is 2.41. The van der Waals surface area contributed by atoms with Gasteiger partial charge < -0.3 is 10.3 Å². The zero-order chi connectivity index (χ0) is 13.6. The predicted molar refractivity (Wildman–Crippen MR) is 69.9 cm³/mol. The van der Waals surface area contributed by atoms with E-state index in [2.05, 4.69) is 4.98 Å². The molecule has 1 aliphatic rings. The van der Waals surface area contributed by atoms with E-state index in [-0.39, 0.29) is 6.04 Å². The largest absolute Gasteiger partial charge is 0.326 e. The maximum absolute atomic E-state index is 13.4. The van der Waals surface area contributed by atoms with Gasteiger partial charge >= 0.3 is 0 Å². The lowest BCUT2D eigenvalue weighted by atomic mass is 10.2. The Morgan fingerprint density at radius 2 is 2.05 bits per heavy atom. The molecule has 1 aliphatic carbocycles. The summed E-state index contributed by atoms with van der Waals surface area (Å²) < 4.78 is 28.7. The quantitative estimate of drug-likeness (QED) is 0.923. The van der Waals surface area contributed by atoms with Crippen molar-refractivity contribution in [2.24, 2.45) is 5.73 Å². The van der Waals surface area contributed by atoms with Crippen molar-refractivity contribution in [3.63, 3.8) is 0 Å². The van der Waals surface area contributed by atoms with Crippen LogP contribution in [0, 0.1) is 11.6 Å². The molecule has 5 heteroatoms. The smallest absolute Gasteiger partial charge is 0.161 e. The van der Waals surface area contributed by atoms with E-state index in [4.69, 9.17) is 5.73 Å². The van der Waals surface area contributed by atoms with Gasteiger partial charge in [-0.2, -0.15) is 0 Å². The van der Waals surface area contributed by atoms with Crippen LogP contribution in [0.1, 0.15) is 37.9 Å².